The summed E-state index contributed by atoms with van der Waals surface area (Å²) in [6, 6.07) is 0. The molecular formula is C12H21NO3. The number of aliphatic hydroxyl groups is 1. The van der Waals surface area contributed by atoms with E-state index in [1.54, 1.807) is 0 Å². The normalized spacial score (nSPS) is 44.5. The summed E-state index contributed by atoms with van der Waals surface area (Å²) in [5.74, 6) is 0.0860. The van der Waals surface area contributed by atoms with Crippen molar-refractivity contribution in [1.82, 2.24) is 5.32 Å². The fourth-order valence-electron chi connectivity index (χ4n) is 3.47. The number of rotatable bonds is 2. The highest BCUT2D eigenvalue weighted by Gasteiger charge is 2.43. The Morgan fingerprint density at radius 1 is 1.31 bits per heavy atom. The molecule has 2 rings (SSSR count). The van der Waals surface area contributed by atoms with Crippen molar-refractivity contribution in [2.75, 3.05) is 13.1 Å². The zero-order valence-corrected chi connectivity index (χ0v) is 9.72. The molecule has 1 heterocycles. The van der Waals surface area contributed by atoms with Crippen LogP contribution in [-0.4, -0.2) is 35.4 Å². The van der Waals surface area contributed by atoms with Crippen LogP contribution in [0.25, 0.3) is 0 Å². The number of nitrogens with one attached hydrogen (secondary N) is 1. The molecule has 4 nitrogen and oxygen atoms in total. The van der Waals surface area contributed by atoms with Crippen LogP contribution in [0.5, 0.6) is 0 Å². The maximum Gasteiger partial charge on any atom is 0.306 e. The van der Waals surface area contributed by atoms with Crippen LogP contribution in [0.1, 0.15) is 26.2 Å². The van der Waals surface area contributed by atoms with Gasteiger partial charge in [0.1, 0.15) is 0 Å². The molecule has 0 bridgehead atoms. The Morgan fingerprint density at radius 3 is 2.69 bits per heavy atom. The quantitative estimate of drug-likeness (QED) is 0.649. The smallest absolute Gasteiger partial charge is 0.306 e. The molecule has 16 heavy (non-hydrogen) atoms. The van der Waals surface area contributed by atoms with Crippen LogP contribution in [0.2, 0.25) is 0 Å². The Bertz CT molecular complexity index is 269. The number of carboxylic acid groups (broad SMARTS) is 1. The van der Waals surface area contributed by atoms with E-state index in [0.717, 1.165) is 19.5 Å². The summed E-state index contributed by atoms with van der Waals surface area (Å²) < 4.78 is 0. The van der Waals surface area contributed by atoms with Crippen LogP contribution in [0, 0.1) is 23.7 Å². The lowest BCUT2D eigenvalue weighted by atomic mass is 9.73. The van der Waals surface area contributed by atoms with Crippen molar-refractivity contribution in [3.05, 3.63) is 0 Å². The molecular weight excluding hydrogens is 206 g/mol. The molecule has 0 amide bonds. The number of hydrogen-bond donors (Lipinski definition) is 3. The molecule has 1 aliphatic heterocycles. The minimum atomic E-state index is -0.729. The second-order valence-electron chi connectivity index (χ2n) is 5.37. The molecule has 3 N–H and O–H groups in total. The van der Waals surface area contributed by atoms with Crippen LogP contribution < -0.4 is 5.32 Å². The first-order valence-corrected chi connectivity index (χ1v) is 6.21. The average molecular weight is 227 g/mol. The van der Waals surface area contributed by atoms with E-state index in [-0.39, 0.29) is 11.8 Å². The van der Waals surface area contributed by atoms with Gasteiger partial charge in [-0.05, 0) is 50.1 Å². The van der Waals surface area contributed by atoms with Crippen LogP contribution >= 0.6 is 0 Å². The van der Waals surface area contributed by atoms with Gasteiger partial charge in [-0.2, -0.15) is 0 Å². The standard InChI is InChI=1S/C12H21NO3/c1-7-6-13-3-2-9(7)10-4-8(14)5-11(10)12(15)16/h7-11,13-14H,2-6H2,1H3,(H,15,16)/t7?,8-,9?,10?,11+/m0/s1. The second-order valence-corrected chi connectivity index (χ2v) is 5.37. The van der Waals surface area contributed by atoms with E-state index in [2.05, 4.69) is 12.2 Å². The number of aliphatic hydroxyl groups excluding tert-OH is 1. The van der Waals surface area contributed by atoms with E-state index < -0.39 is 12.1 Å². The Kier molecular flexibility index (Phi) is 3.50. The molecule has 0 spiro atoms. The van der Waals surface area contributed by atoms with E-state index in [9.17, 15) is 15.0 Å². The minimum absolute atomic E-state index is 0.171. The number of piperidine rings is 1. The minimum Gasteiger partial charge on any atom is -0.481 e. The van der Waals surface area contributed by atoms with E-state index >= 15 is 0 Å². The zero-order valence-electron chi connectivity index (χ0n) is 9.72. The molecule has 2 fully saturated rings. The van der Waals surface area contributed by atoms with Crippen molar-refractivity contribution in [1.29, 1.82) is 0 Å². The summed E-state index contributed by atoms with van der Waals surface area (Å²) in [6.07, 6.45) is 1.75. The van der Waals surface area contributed by atoms with Gasteiger partial charge in [0.2, 0.25) is 0 Å². The number of carboxylic acids is 1. The Balaban J connectivity index is 2.08. The van der Waals surface area contributed by atoms with Crippen molar-refractivity contribution in [3.8, 4) is 0 Å². The number of hydrogen-bond acceptors (Lipinski definition) is 3. The van der Waals surface area contributed by atoms with Crippen molar-refractivity contribution in [2.24, 2.45) is 23.7 Å². The maximum atomic E-state index is 11.2. The molecule has 5 atom stereocenters. The fraction of sp³-hybridized carbons (Fsp3) is 0.917. The van der Waals surface area contributed by atoms with Gasteiger partial charge in [-0.15, -0.1) is 0 Å². The van der Waals surface area contributed by atoms with E-state index in [1.807, 2.05) is 0 Å². The number of carbonyl (C=O) groups is 1. The van der Waals surface area contributed by atoms with Crippen LogP contribution in [-0.2, 0) is 4.79 Å². The zero-order chi connectivity index (χ0) is 11.7. The molecule has 1 aliphatic carbocycles. The first kappa shape index (κ1) is 11.9. The van der Waals surface area contributed by atoms with Gasteiger partial charge >= 0.3 is 5.97 Å². The van der Waals surface area contributed by atoms with Crippen LogP contribution in [0.4, 0.5) is 0 Å². The van der Waals surface area contributed by atoms with Gasteiger partial charge < -0.3 is 15.5 Å². The van der Waals surface area contributed by atoms with Crippen molar-refractivity contribution in [2.45, 2.75) is 32.3 Å². The average Bonchev–Trinajstić information content (AvgIpc) is 2.61. The third kappa shape index (κ3) is 2.23. The van der Waals surface area contributed by atoms with Crippen LogP contribution in [0.3, 0.4) is 0 Å². The molecule has 0 aromatic rings. The Morgan fingerprint density at radius 2 is 2.06 bits per heavy atom. The van der Waals surface area contributed by atoms with E-state index in [1.165, 1.54) is 0 Å². The van der Waals surface area contributed by atoms with Gasteiger partial charge in [0.05, 0.1) is 12.0 Å². The predicted molar refractivity (Wildman–Crippen MR) is 60.0 cm³/mol. The summed E-state index contributed by atoms with van der Waals surface area (Å²) in [5, 5.41) is 22.2. The maximum absolute atomic E-state index is 11.2. The van der Waals surface area contributed by atoms with Crippen molar-refractivity contribution in [3.63, 3.8) is 0 Å². The third-order valence-corrected chi connectivity index (χ3v) is 4.31. The molecule has 2 aliphatic rings. The highest BCUT2D eigenvalue weighted by Crippen LogP contribution is 2.42. The van der Waals surface area contributed by atoms with Gasteiger partial charge in [-0.1, -0.05) is 6.92 Å². The summed E-state index contributed by atoms with van der Waals surface area (Å²) in [6.45, 7) is 4.14. The van der Waals surface area contributed by atoms with Gasteiger partial charge in [0.15, 0.2) is 0 Å². The monoisotopic (exact) mass is 227 g/mol. The Hall–Kier alpha value is -0.610. The lowest BCUT2D eigenvalue weighted by Crippen LogP contribution is -2.40. The summed E-state index contributed by atoms with van der Waals surface area (Å²) in [4.78, 5) is 11.2. The molecule has 4 heteroatoms. The van der Waals surface area contributed by atoms with E-state index in [0.29, 0.717) is 24.7 Å². The van der Waals surface area contributed by atoms with Crippen molar-refractivity contribution < 1.29 is 15.0 Å². The fourth-order valence-corrected chi connectivity index (χ4v) is 3.47. The van der Waals surface area contributed by atoms with Gasteiger partial charge in [0.25, 0.3) is 0 Å². The second kappa shape index (κ2) is 4.72. The third-order valence-electron chi connectivity index (χ3n) is 4.31. The molecule has 0 radical (unpaired) electrons. The summed E-state index contributed by atoms with van der Waals surface area (Å²) in [5.41, 5.74) is 0. The largest absolute Gasteiger partial charge is 0.481 e. The first-order valence-electron chi connectivity index (χ1n) is 6.21. The lowest BCUT2D eigenvalue weighted by Gasteiger charge is -2.35. The topological polar surface area (TPSA) is 69.6 Å². The lowest BCUT2D eigenvalue weighted by molar-refractivity contribution is -0.144. The molecule has 92 valence electrons. The molecule has 1 saturated heterocycles. The highest BCUT2D eigenvalue weighted by atomic mass is 16.4. The van der Waals surface area contributed by atoms with Gasteiger partial charge in [-0.3, -0.25) is 4.79 Å². The first-order chi connectivity index (χ1) is 7.59. The van der Waals surface area contributed by atoms with Gasteiger partial charge in [0, 0.05) is 0 Å². The molecule has 1 saturated carbocycles. The predicted octanol–water partition coefficient (Wildman–Crippen LogP) is 0.704. The molecule has 0 aromatic heterocycles. The Labute approximate surface area is 96.0 Å². The van der Waals surface area contributed by atoms with Crippen molar-refractivity contribution >= 4 is 5.97 Å². The van der Waals surface area contributed by atoms with Gasteiger partial charge in [-0.25, -0.2) is 0 Å². The van der Waals surface area contributed by atoms with E-state index in [4.69, 9.17) is 0 Å². The molecule has 0 aromatic carbocycles. The van der Waals surface area contributed by atoms with Crippen LogP contribution in [0.15, 0.2) is 0 Å². The number of aliphatic carboxylic acids is 1. The molecule has 3 unspecified atom stereocenters. The summed E-state index contributed by atoms with van der Waals surface area (Å²) in [7, 11) is 0. The highest BCUT2D eigenvalue weighted by molar-refractivity contribution is 5.71. The summed E-state index contributed by atoms with van der Waals surface area (Å²) >= 11 is 0. The SMILES string of the molecule is CC1CNCCC1C1C[C@H](O)C[C@H]1C(=O)O.